The lowest BCUT2D eigenvalue weighted by Gasteiger charge is -2.21. The van der Waals surface area contributed by atoms with Gasteiger partial charge in [0.25, 0.3) is 0 Å². The summed E-state index contributed by atoms with van der Waals surface area (Å²) in [7, 11) is 0. The van der Waals surface area contributed by atoms with Gasteiger partial charge in [-0.1, -0.05) is 37.3 Å². The van der Waals surface area contributed by atoms with E-state index in [1.165, 1.54) is 5.56 Å². The van der Waals surface area contributed by atoms with Crippen LogP contribution in [0.4, 0.5) is 0 Å². The second-order valence-electron chi connectivity index (χ2n) is 4.11. The van der Waals surface area contributed by atoms with Gasteiger partial charge in [0.1, 0.15) is 0 Å². The average molecular weight is 220 g/mol. The summed E-state index contributed by atoms with van der Waals surface area (Å²) >= 11 is 0. The van der Waals surface area contributed by atoms with E-state index in [0.717, 1.165) is 6.42 Å². The number of primary amides is 1. The van der Waals surface area contributed by atoms with E-state index in [1.807, 2.05) is 25.1 Å². The zero-order valence-electron chi connectivity index (χ0n) is 9.94. The zero-order chi connectivity index (χ0) is 12.0. The Morgan fingerprint density at radius 1 is 1.38 bits per heavy atom. The molecule has 1 amide bonds. The Labute approximate surface area is 97.0 Å². The van der Waals surface area contributed by atoms with E-state index in [-0.39, 0.29) is 18.0 Å². The topological polar surface area (TPSA) is 55.1 Å². The van der Waals surface area contributed by atoms with Gasteiger partial charge in [-0.15, -0.1) is 0 Å². The van der Waals surface area contributed by atoms with Crippen molar-refractivity contribution in [3.63, 3.8) is 0 Å². The number of amides is 1. The van der Waals surface area contributed by atoms with Crippen LogP contribution in [0.15, 0.2) is 30.3 Å². The molecule has 2 atom stereocenters. The van der Waals surface area contributed by atoms with Crippen LogP contribution in [0, 0.1) is 0 Å². The molecule has 0 aromatic heterocycles. The van der Waals surface area contributed by atoms with Gasteiger partial charge in [-0.2, -0.15) is 0 Å². The van der Waals surface area contributed by atoms with Crippen molar-refractivity contribution in [1.82, 2.24) is 5.32 Å². The summed E-state index contributed by atoms with van der Waals surface area (Å²) in [6.45, 7) is 4.11. The van der Waals surface area contributed by atoms with Crippen LogP contribution in [0.2, 0.25) is 0 Å². The Morgan fingerprint density at radius 3 is 2.50 bits per heavy atom. The van der Waals surface area contributed by atoms with E-state index in [1.54, 1.807) is 0 Å². The highest BCUT2D eigenvalue weighted by Crippen LogP contribution is 2.16. The normalized spacial score (nSPS) is 14.4. The molecule has 88 valence electrons. The smallest absolute Gasteiger partial charge is 0.218 e. The van der Waals surface area contributed by atoms with Crippen LogP contribution in [0.5, 0.6) is 0 Å². The number of carbonyl (C=O) groups is 1. The number of rotatable bonds is 6. The van der Waals surface area contributed by atoms with Gasteiger partial charge in [-0.05, 0) is 18.9 Å². The molecule has 1 rings (SSSR count). The molecule has 16 heavy (non-hydrogen) atoms. The summed E-state index contributed by atoms with van der Waals surface area (Å²) in [5.74, 6) is -0.261. The van der Waals surface area contributed by atoms with Gasteiger partial charge >= 0.3 is 0 Å². The molecule has 0 aliphatic heterocycles. The standard InChI is InChI=1S/C13H20N2O/c1-3-12(11-7-5-4-6-8-11)15-10(2)9-13(14)16/h4-8,10,12,15H,3,9H2,1-2H3,(H2,14,16). The molecule has 3 heteroatoms. The number of hydrogen-bond acceptors (Lipinski definition) is 2. The fraction of sp³-hybridized carbons (Fsp3) is 0.462. The molecule has 0 bridgehead atoms. The third-order valence-electron chi connectivity index (χ3n) is 2.60. The van der Waals surface area contributed by atoms with Gasteiger partial charge in [0.2, 0.25) is 5.91 Å². The fourth-order valence-corrected chi connectivity index (χ4v) is 1.84. The van der Waals surface area contributed by atoms with Crippen LogP contribution in [-0.2, 0) is 4.79 Å². The molecule has 0 aliphatic carbocycles. The van der Waals surface area contributed by atoms with E-state index in [2.05, 4.69) is 24.4 Å². The van der Waals surface area contributed by atoms with Crippen LogP contribution in [0.3, 0.4) is 0 Å². The SMILES string of the molecule is CCC(NC(C)CC(N)=O)c1ccccc1. The summed E-state index contributed by atoms with van der Waals surface area (Å²) in [4.78, 5) is 10.8. The van der Waals surface area contributed by atoms with Crippen molar-refractivity contribution in [2.24, 2.45) is 5.73 Å². The monoisotopic (exact) mass is 220 g/mol. The minimum atomic E-state index is -0.261. The van der Waals surface area contributed by atoms with E-state index in [4.69, 9.17) is 5.73 Å². The zero-order valence-corrected chi connectivity index (χ0v) is 9.94. The summed E-state index contributed by atoms with van der Waals surface area (Å²) in [6.07, 6.45) is 1.37. The molecule has 3 nitrogen and oxygen atoms in total. The first kappa shape index (κ1) is 12.7. The minimum absolute atomic E-state index is 0.114. The maximum atomic E-state index is 10.8. The third kappa shape index (κ3) is 4.03. The predicted molar refractivity (Wildman–Crippen MR) is 65.9 cm³/mol. The Bertz CT molecular complexity index is 324. The van der Waals surface area contributed by atoms with Crippen LogP contribution in [-0.4, -0.2) is 11.9 Å². The third-order valence-corrected chi connectivity index (χ3v) is 2.60. The van der Waals surface area contributed by atoms with Gasteiger partial charge in [0.05, 0.1) is 0 Å². The minimum Gasteiger partial charge on any atom is -0.370 e. The Balaban J connectivity index is 2.59. The van der Waals surface area contributed by atoms with Gasteiger partial charge in [0, 0.05) is 18.5 Å². The van der Waals surface area contributed by atoms with Crippen molar-refractivity contribution < 1.29 is 4.79 Å². The molecule has 0 radical (unpaired) electrons. The second kappa shape index (κ2) is 6.28. The summed E-state index contributed by atoms with van der Waals surface area (Å²) < 4.78 is 0. The first-order valence-corrected chi connectivity index (χ1v) is 5.72. The maximum Gasteiger partial charge on any atom is 0.218 e. The maximum absolute atomic E-state index is 10.8. The number of carbonyl (C=O) groups excluding carboxylic acids is 1. The van der Waals surface area contributed by atoms with Crippen molar-refractivity contribution in [1.29, 1.82) is 0 Å². The Hall–Kier alpha value is -1.35. The van der Waals surface area contributed by atoms with Crippen LogP contribution < -0.4 is 11.1 Å². The number of hydrogen-bond donors (Lipinski definition) is 2. The average Bonchev–Trinajstić information content (AvgIpc) is 2.26. The highest BCUT2D eigenvalue weighted by molar-refractivity contribution is 5.74. The lowest BCUT2D eigenvalue weighted by molar-refractivity contribution is -0.118. The molecule has 0 aliphatic rings. The van der Waals surface area contributed by atoms with Gasteiger partial charge in [-0.25, -0.2) is 0 Å². The van der Waals surface area contributed by atoms with Crippen LogP contribution in [0.1, 0.15) is 38.3 Å². The number of nitrogens with two attached hydrogens (primary N) is 1. The summed E-state index contributed by atoms with van der Waals surface area (Å²) in [6, 6.07) is 10.6. The largest absolute Gasteiger partial charge is 0.370 e. The van der Waals surface area contributed by atoms with Gasteiger partial charge in [0.15, 0.2) is 0 Å². The number of benzene rings is 1. The van der Waals surface area contributed by atoms with Gasteiger partial charge < -0.3 is 11.1 Å². The van der Waals surface area contributed by atoms with Crippen LogP contribution in [0.25, 0.3) is 0 Å². The molecule has 0 spiro atoms. The highest BCUT2D eigenvalue weighted by atomic mass is 16.1. The highest BCUT2D eigenvalue weighted by Gasteiger charge is 2.13. The predicted octanol–water partition coefficient (Wildman–Crippen LogP) is 1.99. The van der Waals surface area contributed by atoms with E-state index in [9.17, 15) is 4.79 Å². The summed E-state index contributed by atoms with van der Waals surface area (Å²) in [5.41, 5.74) is 6.42. The molecular weight excluding hydrogens is 200 g/mol. The lowest BCUT2D eigenvalue weighted by Crippen LogP contribution is -2.33. The van der Waals surface area contributed by atoms with Crippen molar-refractivity contribution in [2.75, 3.05) is 0 Å². The quantitative estimate of drug-likeness (QED) is 0.770. The van der Waals surface area contributed by atoms with Gasteiger partial charge in [-0.3, -0.25) is 4.79 Å². The van der Waals surface area contributed by atoms with Crippen molar-refractivity contribution in [3.8, 4) is 0 Å². The second-order valence-corrected chi connectivity index (χ2v) is 4.11. The lowest BCUT2D eigenvalue weighted by atomic mass is 10.0. The van der Waals surface area contributed by atoms with Crippen LogP contribution >= 0.6 is 0 Å². The van der Waals surface area contributed by atoms with Crippen molar-refractivity contribution >= 4 is 5.91 Å². The van der Waals surface area contributed by atoms with E-state index >= 15 is 0 Å². The van der Waals surface area contributed by atoms with E-state index < -0.39 is 0 Å². The molecule has 1 aromatic carbocycles. The first-order chi connectivity index (χ1) is 7.63. The Morgan fingerprint density at radius 2 is 2.00 bits per heavy atom. The molecule has 0 saturated heterocycles. The molecule has 0 fully saturated rings. The Kier molecular flexibility index (Phi) is 4.99. The van der Waals surface area contributed by atoms with E-state index in [0.29, 0.717) is 6.42 Å². The molecule has 3 N–H and O–H groups in total. The van der Waals surface area contributed by atoms with Crippen molar-refractivity contribution in [2.45, 2.75) is 38.8 Å². The molecule has 0 saturated carbocycles. The summed E-state index contributed by atoms with van der Waals surface area (Å²) in [5, 5.41) is 3.41. The fourth-order valence-electron chi connectivity index (χ4n) is 1.84. The molecule has 1 aromatic rings. The van der Waals surface area contributed by atoms with Crippen molar-refractivity contribution in [3.05, 3.63) is 35.9 Å². The molecule has 2 unspecified atom stereocenters. The number of nitrogens with one attached hydrogen (secondary N) is 1. The molecule has 0 heterocycles. The first-order valence-electron chi connectivity index (χ1n) is 5.72. The molecular formula is C13H20N2O.